The molecule has 0 radical (unpaired) electrons. The first kappa shape index (κ1) is 19.3. The van der Waals surface area contributed by atoms with Crippen molar-refractivity contribution in [1.82, 2.24) is 0 Å². The molecule has 0 aromatic heterocycles. The van der Waals surface area contributed by atoms with Crippen LogP contribution in [0.4, 0.5) is 11.4 Å². The van der Waals surface area contributed by atoms with Gasteiger partial charge in [-0.2, -0.15) is 0 Å². The minimum absolute atomic E-state index is 0.270. The molecule has 6 nitrogen and oxygen atoms in total. The minimum Gasteiger partial charge on any atom is -0.496 e. The lowest BCUT2D eigenvalue weighted by atomic mass is 9.90. The molecule has 2 saturated heterocycles. The highest BCUT2D eigenvalue weighted by Gasteiger charge is 2.60. The lowest BCUT2D eigenvalue weighted by Crippen LogP contribution is -2.37. The van der Waals surface area contributed by atoms with Crippen LogP contribution >= 0.6 is 0 Å². The number of methoxy groups -OCH3 is 1. The summed E-state index contributed by atoms with van der Waals surface area (Å²) in [6.07, 6.45) is -0.899. The third kappa shape index (κ3) is 3.07. The van der Waals surface area contributed by atoms with E-state index in [1.54, 1.807) is 24.3 Å². The van der Waals surface area contributed by atoms with Gasteiger partial charge in [0.25, 0.3) is 5.91 Å². The van der Waals surface area contributed by atoms with Gasteiger partial charge in [0, 0.05) is 5.56 Å². The van der Waals surface area contributed by atoms with Gasteiger partial charge in [-0.1, -0.05) is 54.1 Å². The molecule has 0 unspecified atom stereocenters. The zero-order valence-corrected chi connectivity index (χ0v) is 17.3. The van der Waals surface area contributed by atoms with Gasteiger partial charge in [0.1, 0.15) is 11.7 Å². The lowest BCUT2D eigenvalue weighted by Gasteiger charge is -2.29. The third-order valence-electron chi connectivity index (χ3n) is 5.88. The highest BCUT2D eigenvalue weighted by Crippen LogP contribution is 2.49. The van der Waals surface area contributed by atoms with Gasteiger partial charge in [0.15, 0.2) is 6.10 Å². The molecule has 31 heavy (non-hydrogen) atoms. The maximum Gasteiger partial charge on any atom is 0.266 e. The van der Waals surface area contributed by atoms with Crippen molar-refractivity contribution in [2.45, 2.75) is 19.1 Å². The molecule has 0 N–H and O–H groups in total. The Balaban J connectivity index is 1.61. The van der Waals surface area contributed by atoms with Crippen LogP contribution in [0.15, 0.2) is 78.9 Å². The van der Waals surface area contributed by atoms with Gasteiger partial charge in [-0.25, -0.2) is 9.96 Å². The van der Waals surface area contributed by atoms with E-state index in [-0.39, 0.29) is 11.8 Å². The van der Waals surface area contributed by atoms with E-state index in [2.05, 4.69) is 0 Å². The number of aryl methyl sites for hydroxylation is 1. The number of amides is 2. The molecule has 3 aromatic rings. The SMILES string of the molecule is COc1ccccc1[C@H]1[C@@H]2C(=O)N(c3ccc(C)cc3)C(=O)[C@@H]2ON1c1ccccc1. The summed E-state index contributed by atoms with van der Waals surface area (Å²) in [5, 5.41) is 1.68. The number of benzene rings is 3. The van der Waals surface area contributed by atoms with Gasteiger partial charge >= 0.3 is 0 Å². The molecule has 2 aliphatic rings. The first-order valence-corrected chi connectivity index (χ1v) is 10.2. The summed E-state index contributed by atoms with van der Waals surface area (Å²) in [5.41, 5.74) is 3.19. The van der Waals surface area contributed by atoms with Crippen LogP contribution < -0.4 is 14.7 Å². The van der Waals surface area contributed by atoms with E-state index in [0.717, 1.165) is 16.8 Å². The number of anilines is 2. The molecule has 2 aliphatic heterocycles. The molecule has 0 spiro atoms. The van der Waals surface area contributed by atoms with Crippen molar-refractivity contribution in [2.24, 2.45) is 5.92 Å². The van der Waals surface area contributed by atoms with E-state index >= 15 is 0 Å². The number of nitrogens with zero attached hydrogens (tertiary/aromatic N) is 2. The quantitative estimate of drug-likeness (QED) is 0.603. The topological polar surface area (TPSA) is 59.1 Å². The number of fused-ring (bicyclic) bond motifs is 1. The second-order valence-electron chi connectivity index (χ2n) is 7.75. The van der Waals surface area contributed by atoms with E-state index in [0.29, 0.717) is 11.4 Å². The molecule has 2 amide bonds. The fourth-order valence-electron chi connectivity index (χ4n) is 4.39. The maximum atomic E-state index is 13.6. The van der Waals surface area contributed by atoms with Crippen molar-refractivity contribution < 1.29 is 19.2 Å². The van der Waals surface area contributed by atoms with Crippen molar-refractivity contribution in [2.75, 3.05) is 17.1 Å². The standard InChI is InChI=1S/C25H22N2O4/c1-16-12-14-17(15-13-16)26-24(28)21-22(19-10-6-7-11-20(19)30-2)27(31-23(21)25(26)29)18-8-4-3-5-9-18/h3-15,21-23H,1-2H3/t21-,22-,23+/m0/s1. The molecular formula is C25H22N2O4. The van der Waals surface area contributed by atoms with Crippen LogP contribution in [-0.4, -0.2) is 25.0 Å². The average molecular weight is 414 g/mol. The summed E-state index contributed by atoms with van der Waals surface area (Å²) < 4.78 is 5.59. The molecular weight excluding hydrogens is 392 g/mol. The predicted octanol–water partition coefficient (Wildman–Crippen LogP) is 4.05. The molecule has 0 bridgehead atoms. The van der Waals surface area contributed by atoms with Gasteiger partial charge in [-0.05, 0) is 37.3 Å². The minimum atomic E-state index is -0.899. The van der Waals surface area contributed by atoms with Crippen LogP contribution in [0.3, 0.4) is 0 Å². The summed E-state index contributed by atoms with van der Waals surface area (Å²) in [4.78, 5) is 34.3. The number of imide groups is 1. The summed E-state index contributed by atoms with van der Waals surface area (Å²) in [7, 11) is 1.60. The van der Waals surface area contributed by atoms with Crippen LogP contribution in [-0.2, 0) is 14.4 Å². The Morgan fingerprint density at radius 1 is 0.806 bits per heavy atom. The highest BCUT2D eigenvalue weighted by atomic mass is 16.7. The number of hydroxylamine groups is 1. The van der Waals surface area contributed by atoms with E-state index in [9.17, 15) is 9.59 Å². The normalized spacial score (nSPS) is 22.7. The highest BCUT2D eigenvalue weighted by molar-refractivity contribution is 6.23. The Morgan fingerprint density at radius 2 is 1.48 bits per heavy atom. The number of carbonyl (C=O) groups is 2. The molecule has 2 heterocycles. The second-order valence-corrected chi connectivity index (χ2v) is 7.75. The van der Waals surface area contributed by atoms with Gasteiger partial charge in [0.05, 0.1) is 24.5 Å². The molecule has 5 rings (SSSR count). The molecule has 156 valence electrons. The smallest absolute Gasteiger partial charge is 0.266 e. The Hall–Kier alpha value is -3.64. The first-order chi connectivity index (χ1) is 15.1. The van der Waals surface area contributed by atoms with Crippen LogP contribution in [0.2, 0.25) is 0 Å². The van der Waals surface area contributed by atoms with Crippen LogP contribution in [0.25, 0.3) is 0 Å². The van der Waals surface area contributed by atoms with Crippen molar-refractivity contribution in [3.63, 3.8) is 0 Å². The molecule has 3 aromatic carbocycles. The monoisotopic (exact) mass is 414 g/mol. The number of rotatable bonds is 4. The fraction of sp³-hybridized carbons (Fsp3) is 0.200. The zero-order chi connectivity index (χ0) is 21.5. The number of ether oxygens (including phenoxy) is 1. The number of hydrogen-bond donors (Lipinski definition) is 0. The molecule has 3 atom stereocenters. The van der Waals surface area contributed by atoms with Gasteiger partial charge < -0.3 is 4.74 Å². The first-order valence-electron chi connectivity index (χ1n) is 10.2. The van der Waals surface area contributed by atoms with Crippen molar-refractivity contribution in [3.8, 4) is 5.75 Å². The van der Waals surface area contributed by atoms with Crippen molar-refractivity contribution in [1.29, 1.82) is 0 Å². The zero-order valence-electron chi connectivity index (χ0n) is 17.3. The maximum absolute atomic E-state index is 13.6. The molecule has 0 saturated carbocycles. The Kier molecular flexibility index (Phi) is 4.71. The summed E-state index contributed by atoms with van der Waals surface area (Å²) in [5.74, 6) is -0.664. The van der Waals surface area contributed by atoms with E-state index in [1.807, 2.05) is 73.7 Å². The Bertz CT molecular complexity index is 1130. The summed E-state index contributed by atoms with van der Waals surface area (Å²) >= 11 is 0. The average Bonchev–Trinajstić information content (AvgIpc) is 3.31. The van der Waals surface area contributed by atoms with Gasteiger partial charge in [0.2, 0.25) is 5.91 Å². The largest absolute Gasteiger partial charge is 0.496 e. The molecule has 2 fully saturated rings. The van der Waals surface area contributed by atoms with E-state index in [1.165, 1.54) is 4.90 Å². The van der Waals surface area contributed by atoms with Crippen LogP contribution in [0.1, 0.15) is 17.2 Å². The lowest BCUT2D eigenvalue weighted by molar-refractivity contribution is -0.126. The molecule has 6 heteroatoms. The second kappa shape index (κ2) is 7.56. The van der Waals surface area contributed by atoms with E-state index < -0.39 is 18.1 Å². The van der Waals surface area contributed by atoms with Crippen LogP contribution in [0, 0.1) is 12.8 Å². The fourth-order valence-corrected chi connectivity index (χ4v) is 4.39. The summed E-state index contributed by atoms with van der Waals surface area (Å²) in [6.45, 7) is 1.96. The third-order valence-corrected chi connectivity index (χ3v) is 5.88. The van der Waals surface area contributed by atoms with E-state index in [4.69, 9.17) is 9.57 Å². The van der Waals surface area contributed by atoms with Crippen LogP contribution in [0.5, 0.6) is 5.75 Å². The van der Waals surface area contributed by atoms with Gasteiger partial charge in [-0.3, -0.25) is 14.4 Å². The molecule has 0 aliphatic carbocycles. The predicted molar refractivity (Wildman–Crippen MR) is 117 cm³/mol. The summed E-state index contributed by atoms with van der Waals surface area (Å²) in [6, 6.07) is 23.9. The number of para-hydroxylation sites is 2. The van der Waals surface area contributed by atoms with Gasteiger partial charge in [-0.15, -0.1) is 0 Å². The van der Waals surface area contributed by atoms with Crippen molar-refractivity contribution >= 4 is 23.2 Å². The Morgan fingerprint density at radius 3 is 2.19 bits per heavy atom. The Labute approximate surface area is 180 Å². The van der Waals surface area contributed by atoms with Crippen molar-refractivity contribution in [3.05, 3.63) is 90.0 Å². The number of hydrogen-bond acceptors (Lipinski definition) is 5. The number of carbonyl (C=O) groups excluding carboxylic acids is 2.